The smallest absolute Gasteiger partial charge is 0.268 e. The zero-order valence-corrected chi connectivity index (χ0v) is 10.8. The lowest BCUT2D eigenvalue weighted by Gasteiger charge is -1.94. The second kappa shape index (κ2) is 4.63. The Labute approximate surface area is 113 Å². The molecular formula is C13H8N4OS. The summed E-state index contributed by atoms with van der Waals surface area (Å²) in [6, 6.07) is 11.2. The summed E-state index contributed by atoms with van der Waals surface area (Å²) in [5.74, 6) is 0.857. The number of nitrogens with zero attached hydrogens (tertiary/aromatic N) is 4. The van der Waals surface area contributed by atoms with Crippen LogP contribution in [0.3, 0.4) is 0 Å². The van der Waals surface area contributed by atoms with E-state index in [4.69, 9.17) is 9.78 Å². The van der Waals surface area contributed by atoms with Crippen LogP contribution in [0.4, 0.5) is 0 Å². The molecule has 0 aliphatic rings. The lowest BCUT2D eigenvalue weighted by Crippen LogP contribution is -1.87. The molecule has 0 aromatic carbocycles. The fourth-order valence-corrected chi connectivity index (χ4v) is 2.33. The summed E-state index contributed by atoms with van der Waals surface area (Å²) in [5.41, 5.74) is 1.57. The van der Waals surface area contributed by atoms with Crippen LogP contribution in [0, 0.1) is 18.3 Å². The minimum atomic E-state index is 0.407. The van der Waals surface area contributed by atoms with Crippen LogP contribution in [0.5, 0.6) is 0 Å². The van der Waals surface area contributed by atoms with Gasteiger partial charge in [-0.25, -0.2) is 4.98 Å². The van der Waals surface area contributed by atoms with Gasteiger partial charge >= 0.3 is 0 Å². The molecular weight excluding hydrogens is 260 g/mol. The van der Waals surface area contributed by atoms with Crippen LogP contribution in [0.2, 0.25) is 0 Å². The second-order valence-electron chi connectivity index (χ2n) is 3.86. The highest BCUT2D eigenvalue weighted by atomic mass is 32.1. The Bertz CT molecular complexity index is 769. The number of hydrogen-bond donors (Lipinski definition) is 0. The molecule has 0 fully saturated rings. The Kier molecular flexibility index (Phi) is 2.82. The number of hydrogen-bond acceptors (Lipinski definition) is 6. The topological polar surface area (TPSA) is 75.6 Å². The molecule has 3 aromatic rings. The van der Waals surface area contributed by atoms with Gasteiger partial charge in [0.05, 0.1) is 4.88 Å². The van der Waals surface area contributed by atoms with Crippen molar-refractivity contribution in [1.29, 1.82) is 5.26 Å². The first-order valence-corrected chi connectivity index (χ1v) is 6.36. The van der Waals surface area contributed by atoms with Crippen molar-refractivity contribution in [3.05, 3.63) is 40.9 Å². The van der Waals surface area contributed by atoms with Crippen LogP contribution < -0.4 is 0 Å². The maximum Gasteiger partial charge on any atom is 0.268 e. The van der Waals surface area contributed by atoms with E-state index in [1.807, 2.05) is 25.1 Å². The van der Waals surface area contributed by atoms with Crippen molar-refractivity contribution in [2.45, 2.75) is 6.92 Å². The zero-order valence-electron chi connectivity index (χ0n) is 9.99. The van der Waals surface area contributed by atoms with E-state index in [0.29, 0.717) is 22.3 Å². The fraction of sp³-hybridized carbons (Fsp3) is 0.0769. The van der Waals surface area contributed by atoms with Crippen molar-refractivity contribution < 1.29 is 4.52 Å². The van der Waals surface area contributed by atoms with Gasteiger partial charge in [0.15, 0.2) is 0 Å². The zero-order chi connectivity index (χ0) is 13.2. The molecule has 0 atom stereocenters. The summed E-state index contributed by atoms with van der Waals surface area (Å²) in [6.45, 7) is 1.91. The third-order valence-corrected chi connectivity index (χ3v) is 3.45. The van der Waals surface area contributed by atoms with E-state index >= 15 is 0 Å². The predicted octanol–water partition coefficient (Wildman–Crippen LogP) is 3.04. The van der Waals surface area contributed by atoms with Crippen LogP contribution in [0.25, 0.3) is 22.3 Å². The average Bonchev–Trinajstić information content (AvgIpc) is 3.07. The molecule has 6 heteroatoms. The Morgan fingerprint density at radius 2 is 2.11 bits per heavy atom. The number of aryl methyl sites for hydroxylation is 1. The number of pyridine rings is 1. The number of rotatable bonds is 2. The monoisotopic (exact) mass is 268 g/mol. The van der Waals surface area contributed by atoms with E-state index in [2.05, 4.69) is 21.2 Å². The Hall–Kier alpha value is -2.52. The highest BCUT2D eigenvalue weighted by molar-refractivity contribution is 7.15. The van der Waals surface area contributed by atoms with Gasteiger partial charge in [0, 0.05) is 5.69 Å². The third kappa shape index (κ3) is 2.23. The molecule has 5 nitrogen and oxygen atoms in total. The number of aromatic nitrogens is 3. The molecule has 0 unspecified atom stereocenters. The van der Waals surface area contributed by atoms with Gasteiger partial charge in [0.25, 0.3) is 5.89 Å². The molecule has 3 rings (SSSR count). The van der Waals surface area contributed by atoms with Gasteiger partial charge in [-0.05, 0) is 31.2 Å². The van der Waals surface area contributed by atoms with E-state index in [-0.39, 0.29) is 0 Å². The molecule has 0 amide bonds. The van der Waals surface area contributed by atoms with Gasteiger partial charge in [0.1, 0.15) is 16.6 Å². The van der Waals surface area contributed by atoms with Crippen molar-refractivity contribution in [2.24, 2.45) is 0 Å². The number of nitriles is 1. The summed E-state index contributed by atoms with van der Waals surface area (Å²) in [7, 11) is 0. The van der Waals surface area contributed by atoms with Gasteiger partial charge in [-0.3, -0.25) is 0 Å². The van der Waals surface area contributed by atoms with E-state index in [0.717, 1.165) is 10.6 Å². The van der Waals surface area contributed by atoms with Gasteiger partial charge in [-0.15, -0.1) is 11.3 Å². The molecule has 0 bridgehead atoms. The molecule has 0 radical (unpaired) electrons. The first kappa shape index (κ1) is 11.6. The standard InChI is InChI=1S/C13H8N4OS/c1-8-3-2-4-10(15-8)12-16-13(18-17-12)11-6-5-9(7-14)19-11/h2-6H,1H3. The molecule has 92 valence electrons. The quantitative estimate of drug-likeness (QED) is 0.714. The van der Waals surface area contributed by atoms with Crippen molar-refractivity contribution in [1.82, 2.24) is 15.1 Å². The summed E-state index contributed by atoms with van der Waals surface area (Å²) >= 11 is 1.32. The van der Waals surface area contributed by atoms with E-state index in [1.165, 1.54) is 11.3 Å². The van der Waals surface area contributed by atoms with E-state index in [9.17, 15) is 0 Å². The third-order valence-electron chi connectivity index (χ3n) is 2.47. The summed E-state index contributed by atoms with van der Waals surface area (Å²) in [5, 5.41) is 12.7. The SMILES string of the molecule is Cc1cccc(-c2noc(-c3ccc(C#N)s3)n2)n1. The Morgan fingerprint density at radius 3 is 2.84 bits per heavy atom. The molecule has 19 heavy (non-hydrogen) atoms. The minimum absolute atomic E-state index is 0.407. The first-order chi connectivity index (χ1) is 9.26. The van der Waals surface area contributed by atoms with Gasteiger partial charge in [-0.1, -0.05) is 11.2 Å². The summed E-state index contributed by atoms with van der Waals surface area (Å²) < 4.78 is 5.20. The molecule has 3 heterocycles. The first-order valence-electron chi connectivity index (χ1n) is 5.54. The van der Waals surface area contributed by atoms with Crippen LogP contribution in [-0.4, -0.2) is 15.1 Å². The van der Waals surface area contributed by atoms with Crippen molar-refractivity contribution in [3.63, 3.8) is 0 Å². The maximum absolute atomic E-state index is 8.80. The van der Waals surface area contributed by atoms with Crippen molar-refractivity contribution in [2.75, 3.05) is 0 Å². The number of thiophene rings is 1. The highest BCUT2D eigenvalue weighted by Crippen LogP contribution is 2.27. The minimum Gasteiger partial charge on any atom is -0.333 e. The van der Waals surface area contributed by atoms with Crippen molar-refractivity contribution in [3.8, 4) is 28.4 Å². The predicted molar refractivity (Wildman–Crippen MR) is 70.3 cm³/mol. The van der Waals surface area contributed by atoms with Crippen LogP contribution in [-0.2, 0) is 0 Å². The average molecular weight is 268 g/mol. The fourth-order valence-electron chi connectivity index (χ4n) is 1.61. The molecule has 0 saturated heterocycles. The van der Waals surface area contributed by atoms with E-state index < -0.39 is 0 Å². The lowest BCUT2D eigenvalue weighted by atomic mass is 10.3. The highest BCUT2D eigenvalue weighted by Gasteiger charge is 2.13. The van der Waals surface area contributed by atoms with Crippen LogP contribution in [0.15, 0.2) is 34.9 Å². The lowest BCUT2D eigenvalue weighted by molar-refractivity contribution is 0.433. The Morgan fingerprint density at radius 1 is 1.21 bits per heavy atom. The normalized spacial score (nSPS) is 10.3. The van der Waals surface area contributed by atoms with Crippen molar-refractivity contribution >= 4 is 11.3 Å². The molecule has 0 saturated carbocycles. The van der Waals surface area contributed by atoms with E-state index in [1.54, 1.807) is 12.1 Å². The molecule has 0 aliphatic carbocycles. The molecule has 0 N–H and O–H groups in total. The molecule has 0 aliphatic heterocycles. The van der Waals surface area contributed by atoms with Gasteiger partial charge in [0.2, 0.25) is 5.82 Å². The summed E-state index contributed by atoms with van der Waals surface area (Å²) in [6.07, 6.45) is 0. The van der Waals surface area contributed by atoms with Crippen LogP contribution in [0.1, 0.15) is 10.6 Å². The maximum atomic E-state index is 8.80. The summed E-state index contributed by atoms with van der Waals surface area (Å²) in [4.78, 5) is 10.0. The van der Waals surface area contributed by atoms with Gasteiger partial charge < -0.3 is 4.52 Å². The largest absolute Gasteiger partial charge is 0.333 e. The molecule has 0 spiro atoms. The Balaban J connectivity index is 1.97. The molecule has 3 aromatic heterocycles. The van der Waals surface area contributed by atoms with Gasteiger partial charge in [-0.2, -0.15) is 10.2 Å². The second-order valence-corrected chi connectivity index (χ2v) is 4.95. The van der Waals surface area contributed by atoms with Crippen LogP contribution >= 0.6 is 11.3 Å².